The van der Waals surface area contributed by atoms with E-state index >= 15 is 0 Å². The number of amides is 2. The van der Waals surface area contributed by atoms with Crippen LogP contribution in [-0.4, -0.2) is 44.2 Å². The van der Waals surface area contributed by atoms with Crippen molar-refractivity contribution in [3.63, 3.8) is 0 Å². The first-order valence-corrected chi connectivity index (χ1v) is 10.8. The van der Waals surface area contributed by atoms with Gasteiger partial charge in [0.05, 0.1) is 11.7 Å². The quantitative estimate of drug-likeness (QED) is 0.787. The van der Waals surface area contributed by atoms with Gasteiger partial charge in [-0.15, -0.1) is 0 Å². The molecule has 2 fully saturated rings. The zero-order valence-corrected chi connectivity index (χ0v) is 18.2. The van der Waals surface area contributed by atoms with Crippen LogP contribution < -0.4 is 15.5 Å². The lowest BCUT2D eigenvalue weighted by atomic mass is 9.95. The van der Waals surface area contributed by atoms with Crippen LogP contribution in [0.5, 0.6) is 0 Å². The molecule has 3 rings (SSSR count). The fraction of sp³-hybridized carbons (Fsp3) is 0.652. The van der Waals surface area contributed by atoms with E-state index in [4.69, 9.17) is 4.74 Å². The molecule has 0 radical (unpaired) electrons. The summed E-state index contributed by atoms with van der Waals surface area (Å²) in [6.07, 6.45) is 4.38. The largest absolute Gasteiger partial charge is 0.376 e. The van der Waals surface area contributed by atoms with E-state index in [1.165, 1.54) is 0 Å². The molecule has 0 spiro atoms. The van der Waals surface area contributed by atoms with E-state index in [1.54, 1.807) is 0 Å². The number of nitrogens with zero attached hydrogens (tertiary/aromatic N) is 1. The van der Waals surface area contributed by atoms with Gasteiger partial charge < -0.3 is 20.3 Å². The highest BCUT2D eigenvalue weighted by Crippen LogP contribution is 2.29. The Balaban J connectivity index is 1.80. The van der Waals surface area contributed by atoms with Crippen LogP contribution in [0.1, 0.15) is 63.7 Å². The highest BCUT2D eigenvalue weighted by atomic mass is 16.5. The summed E-state index contributed by atoms with van der Waals surface area (Å²) >= 11 is 0. The first-order chi connectivity index (χ1) is 13.7. The molecular formula is C23H35N3O3. The van der Waals surface area contributed by atoms with Crippen LogP contribution >= 0.6 is 0 Å². The fourth-order valence-corrected chi connectivity index (χ4v) is 3.75. The van der Waals surface area contributed by atoms with Gasteiger partial charge in [0, 0.05) is 43.0 Å². The molecule has 1 atom stereocenters. The molecule has 1 aromatic rings. The number of carbonyl (C=O) groups is 2. The van der Waals surface area contributed by atoms with Gasteiger partial charge >= 0.3 is 0 Å². The van der Waals surface area contributed by atoms with Crippen molar-refractivity contribution < 1.29 is 14.3 Å². The summed E-state index contributed by atoms with van der Waals surface area (Å²) in [5.74, 6) is 0.539. The van der Waals surface area contributed by atoms with Crippen LogP contribution in [0, 0.1) is 11.3 Å². The number of nitrogens with one attached hydrogen (secondary N) is 2. The second kappa shape index (κ2) is 9.16. The van der Waals surface area contributed by atoms with Crippen molar-refractivity contribution in [1.82, 2.24) is 5.32 Å². The first kappa shape index (κ1) is 21.6. The minimum Gasteiger partial charge on any atom is -0.376 e. The molecule has 0 aliphatic carbocycles. The highest BCUT2D eigenvalue weighted by molar-refractivity contribution is 6.02. The van der Waals surface area contributed by atoms with E-state index in [0.717, 1.165) is 51.1 Å². The molecule has 0 aromatic heterocycles. The number of anilines is 2. The summed E-state index contributed by atoms with van der Waals surface area (Å²) in [5, 5.41) is 5.99. The SMILES string of the molecule is CC1CCN(c2ccc(NC(=O)C(C)(C)C)cc2C(=O)NCC2CCCO2)CC1. The number of ether oxygens (including phenoxy) is 1. The summed E-state index contributed by atoms with van der Waals surface area (Å²) in [7, 11) is 0. The van der Waals surface area contributed by atoms with Crippen LogP contribution in [0.25, 0.3) is 0 Å². The third-order valence-electron chi connectivity index (χ3n) is 5.82. The van der Waals surface area contributed by atoms with Crippen LogP contribution in [0.15, 0.2) is 18.2 Å². The zero-order chi connectivity index (χ0) is 21.0. The van der Waals surface area contributed by atoms with Crippen molar-refractivity contribution in [2.24, 2.45) is 11.3 Å². The van der Waals surface area contributed by atoms with Gasteiger partial charge in [-0.2, -0.15) is 0 Å². The van der Waals surface area contributed by atoms with E-state index in [0.29, 0.717) is 23.7 Å². The molecule has 0 saturated carbocycles. The summed E-state index contributed by atoms with van der Waals surface area (Å²) in [5.41, 5.74) is 1.71. The van der Waals surface area contributed by atoms with Crippen LogP contribution in [0.2, 0.25) is 0 Å². The molecule has 2 N–H and O–H groups in total. The molecule has 2 aliphatic rings. The molecule has 0 bridgehead atoms. The first-order valence-electron chi connectivity index (χ1n) is 10.8. The average Bonchev–Trinajstić information content (AvgIpc) is 3.20. The topological polar surface area (TPSA) is 70.7 Å². The summed E-state index contributed by atoms with van der Waals surface area (Å²) in [4.78, 5) is 27.7. The van der Waals surface area contributed by atoms with Crippen molar-refractivity contribution in [3.8, 4) is 0 Å². The molecular weight excluding hydrogens is 366 g/mol. The number of carbonyl (C=O) groups excluding carboxylic acids is 2. The molecule has 1 aromatic carbocycles. The lowest BCUT2D eigenvalue weighted by molar-refractivity contribution is -0.123. The fourth-order valence-electron chi connectivity index (χ4n) is 3.75. The smallest absolute Gasteiger partial charge is 0.253 e. The Hall–Kier alpha value is -2.08. The third-order valence-corrected chi connectivity index (χ3v) is 5.82. The van der Waals surface area contributed by atoms with Gasteiger partial charge in [-0.05, 0) is 49.8 Å². The van der Waals surface area contributed by atoms with Crippen molar-refractivity contribution in [2.45, 2.75) is 59.5 Å². The number of rotatable bonds is 5. The molecule has 6 nitrogen and oxygen atoms in total. The Bertz CT molecular complexity index is 727. The lowest BCUT2D eigenvalue weighted by Gasteiger charge is -2.33. The molecule has 2 aliphatic heterocycles. The van der Waals surface area contributed by atoms with Crippen molar-refractivity contribution >= 4 is 23.2 Å². The van der Waals surface area contributed by atoms with Gasteiger partial charge in [0.25, 0.3) is 5.91 Å². The second-order valence-corrected chi connectivity index (χ2v) is 9.45. The summed E-state index contributed by atoms with van der Waals surface area (Å²) in [6.45, 7) is 11.1. The van der Waals surface area contributed by atoms with Gasteiger partial charge in [0.2, 0.25) is 5.91 Å². The molecule has 6 heteroatoms. The standard InChI is InChI=1S/C23H35N3O3/c1-16-9-11-26(12-10-16)20-8-7-17(25-22(28)23(2,3)4)14-19(20)21(27)24-15-18-6-5-13-29-18/h7-8,14,16,18H,5-6,9-13,15H2,1-4H3,(H,24,27)(H,25,28). The summed E-state index contributed by atoms with van der Waals surface area (Å²) in [6, 6.07) is 5.67. The molecule has 160 valence electrons. The molecule has 29 heavy (non-hydrogen) atoms. The third kappa shape index (κ3) is 5.72. The highest BCUT2D eigenvalue weighted by Gasteiger charge is 2.25. The molecule has 2 amide bonds. The predicted octanol–water partition coefficient (Wildman–Crippen LogP) is 3.82. The maximum Gasteiger partial charge on any atom is 0.253 e. The van der Waals surface area contributed by atoms with Crippen LogP contribution in [0.4, 0.5) is 11.4 Å². The Kier molecular flexibility index (Phi) is 6.83. The Labute approximate surface area is 174 Å². The Morgan fingerprint density at radius 1 is 1.17 bits per heavy atom. The van der Waals surface area contributed by atoms with Gasteiger partial charge in [0.15, 0.2) is 0 Å². The number of benzene rings is 1. The normalized spacial score (nSPS) is 20.6. The van der Waals surface area contributed by atoms with E-state index in [2.05, 4.69) is 22.5 Å². The number of hydrogen-bond donors (Lipinski definition) is 2. The lowest BCUT2D eigenvalue weighted by Crippen LogP contribution is -2.36. The van der Waals surface area contributed by atoms with Gasteiger partial charge in [0.1, 0.15) is 0 Å². The number of hydrogen-bond acceptors (Lipinski definition) is 4. The van der Waals surface area contributed by atoms with Crippen molar-refractivity contribution in [3.05, 3.63) is 23.8 Å². The maximum absolute atomic E-state index is 13.1. The molecule has 1 unspecified atom stereocenters. The zero-order valence-electron chi connectivity index (χ0n) is 18.2. The van der Waals surface area contributed by atoms with Gasteiger partial charge in [-0.25, -0.2) is 0 Å². The van der Waals surface area contributed by atoms with Gasteiger partial charge in [-0.1, -0.05) is 27.7 Å². The van der Waals surface area contributed by atoms with E-state index in [-0.39, 0.29) is 17.9 Å². The van der Waals surface area contributed by atoms with Crippen LogP contribution in [-0.2, 0) is 9.53 Å². The van der Waals surface area contributed by atoms with E-state index in [9.17, 15) is 9.59 Å². The predicted molar refractivity (Wildman–Crippen MR) is 116 cm³/mol. The number of piperidine rings is 1. The van der Waals surface area contributed by atoms with Crippen molar-refractivity contribution in [2.75, 3.05) is 36.5 Å². The maximum atomic E-state index is 13.1. The molecule has 2 saturated heterocycles. The minimum absolute atomic E-state index is 0.0669. The molecule has 2 heterocycles. The van der Waals surface area contributed by atoms with E-state index in [1.807, 2.05) is 39.0 Å². The monoisotopic (exact) mass is 401 g/mol. The van der Waals surface area contributed by atoms with Gasteiger partial charge in [-0.3, -0.25) is 9.59 Å². The van der Waals surface area contributed by atoms with Crippen molar-refractivity contribution in [1.29, 1.82) is 0 Å². The van der Waals surface area contributed by atoms with Crippen LogP contribution in [0.3, 0.4) is 0 Å². The second-order valence-electron chi connectivity index (χ2n) is 9.45. The Morgan fingerprint density at radius 3 is 2.52 bits per heavy atom. The Morgan fingerprint density at radius 2 is 1.90 bits per heavy atom. The average molecular weight is 402 g/mol. The minimum atomic E-state index is -0.496. The summed E-state index contributed by atoms with van der Waals surface area (Å²) < 4.78 is 5.63. The van der Waals surface area contributed by atoms with E-state index < -0.39 is 5.41 Å².